The molecule has 2 rings (SSSR count). The summed E-state index contributed by atoms with van der Waals surface area (Å²) in [5, 5.41) is 18.4. The second-order valence-electron chi connectivity index (χ2n) is 5.88. The normalized spacial score (nSPS) is 11.4. The molecule has 0 saturated carbocycles. The van der Waals surface area contributed by atoms with Crippen molar-refractivity contribution in [2.75, 3.05) is 6.54 Å². The van der Waals surface area contributed by atoms with Gasteiger partial charge < -0.3 is 10.4 Å². The molecule has 1 aromatic heterocycles. The van der Waals surface area contributed by atoms with Crippen molar-refractivity contribution >= 4 is 11.9 Å². The lowest BCUT2D eigenvalue weighted by Crippen LogP contribution is -2.24. The van der Waals surface area contributed by atoms with Crippen LogP contribution >= 0.6 is 0 Å². The number of carbonyl (C=O) groups is 2. The van der Waals surface area contributed by atoms with Crippen molar-refractivity contribution in [2.45, 2.75) is 38.3 Å². The zero-order valence-corrected chi connectivity index (χ0v) is 14.4. The maximum absolute atomic E-state index is 13.1. The third kappa shape index (κ3) is 6.08. The van der Waals surface area contributed by atoms with Crippen LogP contribution in [0.1, 0.15) is 48.2 Å². The summed E-state index contributed by atoms with van der Waals surface area (Å²) in [6, 6.07) is 4.89. The summed E-state index contributed by atoms with van der Waals surface area (Å²) in [4.78, 5) is 22.4. The predicted octanol–water partition coefficient (Wildman–Crippen LogP) is 3.05. The first-order chi connectivity index (χ1) is 12.8. The Hall–Kier alpha value is -2.91. The molecule has 1 aromatic carbocycles. The van der Waals surface area contributed by atoms with E-state index in [9.17, 15) is 22.8 Å². The molecule has 27 heavy (non-hydrogen) atoms. The lowest BCUT2D eigenvalue weighted by atomic mass is 10.1. The van der Waals surface area contributed by atoms with E-state index in [1.807, 2.05) is 0 Å². The van der Waals surface area contributed by atoms with Crippen LogP contribution in [0, 0.1) is 0 Å². The van der Waals surface area contributed by atoms with Crippen molar-refractivity contribution < 1.29 is 27.9 Å². The molecule has 0 saturated heterocycles. The minimum absolute atomic E-state index is 0.0853. The van der Waals surface area contributed by atoms with Crippen molar-refractivity contribution in [1.82, 2.24) is 20.3 Å². The van der Waals surface area contributed by atoms with Gasteiger partial charge in [-0.3, -0.25) is 9.59 Å². The molecule has 2 N–H and O–H groups in total. The van der Waals surface area contributed by atoms with E-state index in [4.69, 9.17) is 5.11 Å². The predicted molar refractivity (Wildman–Crippen MR) is 89.4 cm³/mol. The average Bonchev–Trinajstić information content (AvgIpc) is 3.10. The number of alkyl halides is 3. The number of carbonyl (C=O) groups excluding carboxylic acids is 1. The molecule has 0 unspecified atom stereocenters. The van der Waals surface area contributed by atoms with Gasteiger partial charge in [-0.15, -0.1) is 5.10 Å². The Morgan fingerprint density at radius 3 is 2.52 bits per heavy atom. The zero-order valence-electron chi connectivity index (χ0n) is 14.4. The molecule has 10 heteroatoms. The molecular weight excluding hydrogens is 365 g/mol. The van der Waals surface area contributed by atoms with Crippen molar-refractivity contribution in [3.05, 3.63) is 41.7 Å². The van der Waals surface area contributed by atoms with E-state index in [1.54, 1.807) is 0 Å². The summed E-state index contributed by atoms with van der Waals surface area (Å²) in [5.74, 6) is -1.37. The van der Waals surface area contributed by atoms with Crippen molar-refractivity contribution in [3.8, 4) is 5.69 Å². The minimum atomic E-state index is -4.55. The summed E-state index contributed by atoms with van der Waals surface area (Å²) in [7, 11) is 0. The molecule has 0 fully saturated rings. The van der Waals surface area contributed by atoms with Gasteiger partial charge in [-0.25, -0.2) is 4.68 Å². The molecular formula is C17H19F3N4O3. The number of amides is 1. The number of carboxylic acids is 1. The van der Waals surface area contributed by atoms with Gasteiger partial charge in [0.1, 0.15) is 0 Å². The largest absolute Gasteiger partial charge is 0.481 e. The zero-order chi connectivity index (χ0) is 19.9. The molecule has 146 valence electrons. The summed E-state index contributed by atoms with van der Waals surface area (Å²) >= 11 is 0. The van der Waals surface area contributed by atoms with Gasteiger partial charge >= 0.3 is 12.1 Å². The standard InChI is InChI=1S/C17H19F3N4O3/c18-17(19,20)12-7-4-5-8-14(12)24-11-13(22-23-24)16(27)21-10-6-2-1-3-9-15(25)26/h4-5,7-8,11H,1-3,6,9-10H2,(H,21,27)(H,25,26). The first-order valence-corrected chi connectivity index (χ1v) is 8.38. The molecule has 2 aromatic rings. The van der Waals surface area contributed by atoms with Crippen molar-refractivity contribution in [3.63, 3.8) is 0 Å². The first kappa shape index (κ1) is 20.4. The summed E-state index contributed by atoms with van der Waals surface area (Å²) in [6.45, 7) is 0.359. The Morgan fingerprint density at radius 1 is 1.11 bits per heavy atom. The summed E-state index contributed by atoms with van der Waals surface area (Å²) in [5.41, 5.74) is -1.17. The maximum atomic E-state index is 13.1. The van der Waals surface area contributed by atoms with Crippen LogP contribution in [-0.4, -0.2) is 38.5 Å². The van der Waals surface area contributed by atoms with Crippen LogP contribution in [0.4, 0.5) is 13.2 Å². The highest BCUT2D eigenvalue weighted by molar-refractivity contribution is 5.91. The lowest BCUT2D eigenvalue weighted by Gasteiger charge is -2.11. The van der Waals surface area contributed by atoms with Crippen molar-refractivity contribution in [2.24, 2.45) is 0 Å². The van der Waals surface area contributed by atoms with Gasteiger partial charge in [0.15, 0.2) is 5.69 Å². The second kappa shape index (κ2) is 9.15. The maximum Gasteiger partial charge on any atom is 0.418 e. The van der Waals surface area contributed by atoms with E-state index in [0.717, 1.165) is 29.8 Å². The number of nitrogens with one attached hydrogen (secondary N) is 1. The number of carboxylic acid groups (broad SMARTS) is 1. The van der Waals surface area contributed by atoms with Crippen LogP contribution < -0.4 is 5.32 Å². The SMILES string of the molecule is O=C(O)CCCCCCNC(=O)c1cn(-c2ccccc2C(F)(F)F)nn1. The van der Waals surface area contributed by atoms with Crippen LogP contribution in [0.2, 0.25) is 0 Å². The molecule has 0 aliphatic rings. The molecule has 0 atom stereocenters. The second-order valence-corrected chi connectivity index (χ2v) is 5.88. The molecule has 0 radical (unpaired) electrons. The Morgan fingerprint density at radius 2 is 1.81 bits per heavy atom. The van der Waals surface area contributed by atoms with Gasteiger partial charge in [0.25, 0.3) is 5.91 Å². The van der Waals surface area contributed by atoms with Crippen LogP contribution in [-0.2, 0) is 11.0 Å². The molecule has 0 bridgehead atoms. The van der Waals surface area contributed by atoms with Crippen LogP contribution in [0.15, 0.2) is 30.5 Å². The van der Waals surface area contributed by atoms with Crippen LogP contribution in [0.5, 0.6) is 0 Å². The third-order valence-electron chi connectivity index (χ3n) is 3.79. The molecule has 1 amide bonds. The number of halogens is 3. The molecule has 1 heterocycles. The van der Waals surface area contributed by atoms with E-state index in [1.165, 1.54) is 18.2 Å². The third-order valence-corrected chi connectivity index (χ3v) is 3.79. The number of para-hydroxylation sites is 1. The number of aliphatic carboxylic acids is 1. The number of nitrogens with zero attached hydrogens (tertiary/aromatic N) is 3. The lowest BCUT2D eigenvalue weighted by molar-refractivity contribution is -0.138. The Bertz CT molecular complexity index is 790. The van der Waals surface area contributed by atoms with Gasteiger partial charge in [0, 0.05) is 13.0 Å². The number of unbranched alkanes of at least 4 members (excludes halogenated alkanes) is 3. The topological polar surface area (TPSA) is 97.1 Å². The van der Waals surface area contributed by atoms with E-state index >= 15 is 0 Å². The van der Waals surface area contributed by atoms with E-state index < -0.39 is 23.6 Å². The fraction of sp³-hybridized carbons (Fsp3) is 0.412. The number of rotatable bonds is 9. The van der Waals surface area contributed by atoms with Gasteiger partial charge in [0.2, 0.25) is 0 Å². The summed E-state index contributed by atoms with van der Waals surface area (Å²) in [6.07, 6.45) is -0.536. The molecule has 0 spiro atoms. The highest BCUT2D eigenvalue weighted by Crippen LogP contribution is 2.33. The number of benzene rings is 1. The number of hydrogen-bond acceptors (Lipinski definition) is 4. The Balaban J connectivity index is 1.89. The van der Waals surface area contributed by atoms with E-state index in [2.05, 4.69) is 15.6 Å². The number of aromatic nitrogens is 3. The monoisotopic (exact) mass is 384 g/mol. The summed E-state index contributed by atoms with van der Waals surface area (Å²) < 4.78 is 40.1. The highest BCUT2D eigenvalue weighted by Gasteiger charge is 2.34. The van der Waals surface area contributed by atoms with Gasteiger partial charge in [-0.05, 0) is 25.0 Å². The van der Waals surface area contributed by atoms with Gasteiger partial charge in [-0.1, -0.05) is 30.2 Å². The molecule has 0 aliphatic carbocycles. The van der Waals surface area contributed by atoms with Crippen LogP contribution in [0.3, 0.4) is 0 Å². The fourth-order valence-corrected chi connectivity index (χ4v) is 2.45. The smallest absolute Gasteiger partial charge is 0.418 e. The molecule has 0 aliphatic heterocycles. The molecule has 7 nitrogen and oxygen atoms in total. The van der Waals surface area contributed by atoms with Crippen molar-refractivity contribution in [1.29, 1.82) is 0 Å². The Kier molecular flexibility index (Phi) is 6.91. The van der Waals surface area contributed by atoms with E-state index in [0.29, 0.717) is 19.4 Å². The Labute approximate surface area is 153 Å². The first-order valence-electron chi connectivity index (χ1n) is 8.38. The quantitative estimate of drug-likeness (QED) is 0.648. The highest BCUT2D eigenvalue weighted by atomic mass is 19.4. The van der Waals surface area contributed by atoms with E-state index in [-0.39, 0.29) is 17.8 Å². The van der Waals surface area contributed by atoms with Gasteiger partial charge in [-0.2, -0.15) is 13.2 Å². The van der Waals surface area contributed by atoms with Gasteiger partial charge in [0.05, 0.1) is 17.4 Å². The minimum Gasteiger partial charge on any atom is -0.481 e. The van der Waals surface area contributed by atoms with Crippen LogP contribution in [0.25, 0.3) is 5.69 Å². The fourth-order valence-electron chi connectivity index (χ4n) is 2.45. The number of hydrogen-bond donors (Lipinski definition) is 2. The average molecular weight is 384 g/mol.